The molecule has 1 N–H and O–H groups in total. The molecule has 1 aliphatic heterocycles. The molecule has 126 valence electrons. The first-order valence-electron chi connectivity index (χ1n) is 8.61. The monoisotopic (exact) mass is 331 g/mol. The van der Waals surface area contributed by atoms with Gasteiger partial charge in [-0.1, -0.05) is 12.1 Å². The standard InChI is InChI=1S/C21H21N3O/c1-14-5-6-17(12-15(14)2)21(25)24-10-7-16(8-11-24)18-13-23-19-4-3-9-22-20(18)19/h3-7,9,12-13,23H,8,10-11H2,1-2H3. The summed E-state index contributed by atoms with van der Waals surface area (Å²) in [6, 6.07) is 9.89. The van der Waals surface area contributed by atoms with Gasteiger partial charge in [-0.15, -0.1) is 0 Å². The molecule has 1 amide bonds. The maximum absolute atomic E-state index is 12.7. The Morgan fingerprint density at radius 1 is 1.20 bits per heavy atom. The van der Waals surface area contributed by atoms with E-state index < -0.39 is 0 Å². The van der Waals surface area contributed by atoms with Crippen molar-refractivity contribution in [3.8, 4) is 0 Å². The Hall–Kier alpha value is -2.88. The van der Waals surface area contributed by atoms with Gasteiger partial charge in [-0.05, 0) is 61.2 Å². The zero-order valence-electron chi connectivity index (χ0n) is 14.5. The fourth-order valence-electron chi connectivity index (χ4n) is 3.35. The van der Waals surface area contributed by atoms with Crippen LogP contribution in [0.15, 0.2) is 48.8 Å². The van der Waals surface area contributed by atoms with Crippen molar-refractivity contribution in [2.75, 3.05) is 13.1 Å². The minimum Gasteiger partial charge on any atom is -0.359 e. The molecule has 1 aromatic carbocycles. The van der Waals surface area contributed by atoms with Gasteiger partial charge >= 0.3 is 0 Å². The predicted molar refractivity (Wildman–Crippen MR) is 101 cm³/mol. The highest BCUT2D eigenvalue weighted by Crippen LogP contribution is 2.28. The van der Waals surface area contributed by atoms with E-state index >= 15 is 0 Å². The zero-order chi connectivity index (χ0) is 17.4. The van der Waals surface area contributed by atoms with Crippen molar-refractivity contribution in [2.45, 2.75) is 20.3 Å². The van der Waals surface area contributed by atoms with Gasteiger partial charge in [-0.25, -0.2) is 0 Å². The van der Waals surface area contributed by atoms with Gasteiger partial charge in [0.1, 0.15) is 0 Å². The molecular formula is C21H21N3O. The molecule has 0 saturated carbocycles. The second-order valence-electron chi connectivity index (χ2n) is 6.63. The molecule has 0 bridgehead atoms. The van der Waals surface area contributed by atoms with Crippen molar-refractivity contribution in [2.24, 2.45) is 0 Å². The molecule has 0 unspecified atom stereocenters. The second-order valence-corrected chi connectivity index (χ2v) is 6.63. The van der Waals surface area contributed by atoms with Gasteiger partial charge < -0.3 is 9.88 Å². The van der Waals surface area contributed by atoms with Crippen LogP contribution in [0.4, 0.5) is 0 Å². The second kappa shape index (κ2) is 6.20. The van der Waals surface area contributed by atoms with E-state index in [2.05, 4.69) is 23.0 Å². The highest BCUT2D eigenvalue weighted by atomic mass is 16.2. The van der Waals surface area contributed by atoms with E-state index in [1.165, 1.54) is 11.1 Å². The summed E-state index contributed by atoms with van der Waals surface area (Å²) in [5.74, 6) is 0.107. The lowest BCUT2D eigenvalue weighted by atomic mass is 10.00. The number of amides is 1. The van der Waals surface area contributed by atoms with Gasteiger partial charge in [0.15, 0.2) is 0 Å². The molecule has 0 aliphatic carbocycles. The predicted octanol–water partition coefficient (Wildman–Crippen LogP) is 4.11. The van der Waals surface area contributed by atoms with Gasteiger partial charge in [-0.3, -0.25) is 9.78 Å². The normalized spacial score (nSPS) is 14.6. The quantitative estimate of drug-likeness (QED) is 0.768. The molecule has 4 heteroatoms. The van der Waals surface area contributed by atoms with Crippen LogP contribution in [-0.2, 0) is 0 Å². The summed E-state index contributed by atoms with van der Waals surface area (Å²) < 4.78 is 0. The first-order valence-corrected chi connectivity index (χ1v) is 8.61. The number of hydrogen-bond donors (Lipinski definition) is 1. The number of carbonyl (C=O) groups excluding carboxylic acids is 1. The number of aromatic nitrogens is 2. The number of benzene rings is 1. The van der Waals surface area contributed by atoms with Crippen molar-refractivity contribution in [3.63, 3.8) is 0 Å². The summed E-state index contributed by atoms with van der Waals surface area (Å²) in [5, 5.41) is 0. The van der Waals surface area contributed by atoms with Crippen LogP contribution in [0.3, 0.4) is 0 Å². The van der Waals surface area contributed by atoms with Gasteiger partial charge in [0.25, 0.3) is 5.91 Å². The maximum Gasteiger partial charge on any atom is 0.254 e. The van der Waals surface area contributed by atoms with Crippen LogP contribution in [0.2, 0.25) is 0 Å². The largest absolute Gasteiger partial charge is 0.359 e. The maximum atomic E-state index is 12.7. The van der Waals surface area contributed by atoms with Gasteiger partial charge in [-0.2, -0.15) is 0 Å². The Labute approximate surface area is 147 Å². The van der Waals surface area contributed by atoms with E-state index in [0.29, 0.717) is 6.54 Å². The van der Waals surface area contributed by atoms with Crippen LogP contribution in [0.25, 0.3) is 16.6 Å². The summed E-state index contributed by atoms with van der Waals surface area (Å²) >= 11 is 0. The third-order valence-corrected chi connectivity index (χ3v) is 5.03. The fourth-order valence-corrected chi connectivity index (χ4v) is 3.35. The highest BCUT2D eigenvalue weighted by molar-refractivity contribution is 5.95. The van der Waals surface area contributed by atoms with Gasteiger partial charge in [0.2, 0.25) is 0 Å². The van der Waals surface area contributed by atoms with E-state index in [4.69, 9.17) is 0 Å². The summed E-state index contributed by atoms with van der Waals surface area (Å²) in [6.45, 7) is 5.48. The Kier molecular flexibility index (Phi) is 3.88. The van der Waals surface area contributed by atoms with Crippen molar-refractivity contribution in [3.05, 3.63) is 71.1 Å². The zero-order valence-corrected chi connectivity index (χ0v) is 14.5. The topological polar surface area (TPSA) is 49.0 Å². The number of nitrogens with zero attached hydrogens (tertiary/aromatic N) is 2. The summed E-state index contributed by atoms with van der Waals surface area (Å²) in [5.41, 5.74) is 7.60. The third-order valence-electron chi connectivity index (χ3n) is 5.03. The lowest BCUT2D eigenvalue weighted by Crippen LogP contribution is -2.34. The Morgan fingerprint density at radius 2 is 2.08 bits per heavy atom. The van der Waals surface area contributed by atoms with Crippen LogP contribution < -0.4 is 0 Å². The smallest absolute Gasteiger partial charge is 0.254 e. The van der Waals surface area contributed by atoms with E-state index in [9.17, 15) is 4.79 Å². The molecule has 2 aromatic heterocycles. The molecule has 0 saturated heterocycles. The Balaban J connectivity index is 1.55. The Morgan fingerprint density at radius 3 is 2.84 bits per heavy atom. The summed E-state index contributed by atoms with van der Waals surface area (Å²) in [6.07, 6.45) is 6.84. The molecule has 4 nitrogen and oxygen atoms in total. The number of carbonyl (C=O) groups is 1. The van der Waals surface area contributed by atoms with E-state index in [1.54, 1.807) is 0 Å². The molecule has 3 aromatic rings. The van der Waals surface area contributed by atoms with Crippen LogP contribution in [0.1, 0.15) is 33.5 Å². The van der Waals surface area contributed by atoms with E-state index in [1.807, 2.05) is 54.5 Å². The van der Waals surface area contributed by atoms with E-state index in [-0.39, 0.29) is 5.91 Å². The molecular weight excluding hydrogens is 310 g/mol. The molecule has 0 atom stereocenters. The number of aromatic amines is 1. The van der Waals surface area contributed by atoms with E-state index in [0.717, 1.165) is 40.7 Å². The molecule has 1 aliphatic rings. The number of hydrogen-bond acceptors (Lipinski definition) is 2. The molecule has 0 radical (unpaired) electrons. The highest BCUT2D eigenvalue weighted by Gasteiger charge is 2.21. The Bertz CT molecular complexity index is 984. The SMILES string of the molecule is Cc1ccc(C(=O)N2CC=C(c3c[nH]c4cccnc34)CC2)cc1C. The van der Waals surface area contributed by atoms with Crippen molar-refractivity contribution >= 4 is 22.5 Å². The molecule has 25 heavy (non-hydrogen) atoms. The number of nitrogens with one attached hydrogen (secondary N) is 1. The number of H-pyrrole nitrogens is 1. The lowest BCUT2D eigenvalue weighted by Gasteiger charge is -2.26. The van der Waals surface area contributed by atoms with Crippen LogP contribution in [0.5, 0.6) is 0 Å². The minimum atomic E-state index is 0.107. The lowest BCUT2D eigenvalue weighted by molar-refractivity contribution is 0.0773. The summed E-state index contributed by atoms with van der Waals surface area (Å²) in [4.78, 5) is 22.4. The molecule has 4 rings (SSSR count). The number of fused-ring (bicyclic) bond motifs is 1. The van der Waals surface area contributed by atoms with Crippen molar-refractivity contribution in [1.82, 2.24) is 14.9 Å². The average Bonchev–Trinajstić information content (AvgIpc) is 3.08. The minimum absolute atomic E-state index is 0.107. The number of rotatable bonds is 2. The average molecular weight is 331 g/mol. The first-order chi connectivity index (χ1) is 12.1. The third kappa shape index (κ3) is 2.84. The van der Waals surface area contributed by atoms with Crippen LogP contribution in [-0.4, -0.2) is 33.9 Å². The van der Waals surface area contributed by atoms with Gasteiger partial charge in [0.05, 0.1) is 11.0 Å². The van der Waals surface area contributed by atoms with Crippen molar-refractivity contribution in [1.29, 1.82) is 0 Å². The molecule has 3 heterocycles. The van der Waals surface area contributed by atoms with Crippen LogP contribution >= 0.6 is 0 Å². The molecule has 0 spiro atoms. The first kappa shape index (κ1) is 15.6. The van der Waals surface area contributed by atoms with Crippen LogP contribution in [0, 0.1) is 13.8 Å². The van der Waals surface area contributed by atoms with Crippen molar-refractivity contribution < 1.29 is 4.79 Å². The molecule has 0 fully saturated rings. The van der Waals surface area contributed by atoms with Gasteiger partial charge in [0, 0.05) is 36.6 Å². The number of pyridine rings is 1. The fraction of sp³-hybridized carbons (Fsp3) is 0.238. The summed E-state index contributed by atoms with van der Waals surface area (Å²) in [7, 11) is 0. The number of aryl methyl sites for hydroxylation is 2.